The summed E-state index contributed by atoms with van der Waals surface area (Å²) in [5.41, 5.74) is 2.78. The van der Waals surface area contributed by atoms with Gasteiger partial charge in [0.25, 0.3) is 0 Å². The van der Waals surface area contributed by atoms with Crippen LogP contribution in [0.2, 0.25) is 0 Å². The van der Waals surface area contributed by atoms with E-state index in [2.05, 4.69) is 30.2 Å². The van der Waals surface area contributed by atoms with Crippen molar-refractivity contribution in [1.82, 2.24) is 0 Å². The van der Waals surface area contributed by atoms with Gasteiger partial charge in [-0.25, -0.2) is 4.79 Å². The molecule has 8 heteroatoms. The van der Waals surface area contributed by atoms with E-state index in [0.29, 0.717) is 22.5 Å². The molecule has 0 bridgehead atoms. The van der Waals surface area contributed by atoms with E-state index in [4.69, 9.17) is 0 Å². The summed E-state index contributed by atoms with van der Waals surface area (Å²) >= 11 is 0. The van der Waals surface area contributed by atoms with E-state index in [1.807, 2.05) is 12.1 Å². The largest absolute Gasteiger partial charge is 0.573 e. The summed E-state index contributed by atoms with van der Waals surface area (Å²) in [6.07, 6.45) is -4.80. The quantitative estimate of drug-likeness (QED) is 0.327. The molecule has 3 aromatic carbocycles. The van der Waals surface area contributed by atoms with Crippen molar-refractivity contribution in [2.75, 3.05) is 12.0 Å². The van der Waals surface area contributed by atoms with Crippen molar-refractivity contribution >= 4 is 23.3 Å². The van der Waals surface area contributed by atoms with Gasteiger partial charge in [0.1, 0.15) is 5.75 Å². The lowest BCUT2D eigenvalue weighted by Crippen LogP contribution is -2.34. The van der Waals surface area contributed by atoms with E-state index in [0.717, 1.165) is 12.7 Å². The number of rotatable bonds is 4. The van der Waals surface area contributed by atoms with Gasteiger partial charge in [-0.05, 0) is 46.9 Å². The van der Waals surface area contributed by atoms with E-state index in [9.17, 15) is 22.8 Å². The summed E-state index contributed by atoms with van der Waals surface area (Å²) in [4.78, 5) is 26.5. The van der Waals surface area contributed by atoms with Gasteiger partial charge < -0.3 is 9.47 Å². The lowest BCUT2D eigenvalue weighted by molar-refractivity contribution is -0.274. The van der Waals surface area contributed by atoms with Crippen LogP contribution in [-0.4, -0.2) is 25.3 Å². The third-order valence-electron chi connectivity index (χ3n) is 5.10. The highest BCUT2D eigenvalue weighted by Gasteiger charge is 2.31. The molecule has 3 rings (SSSR count). The lowest BCUT2D eigenvalue weighted by atomic mass is 9.87. The average Bonchev–Trinajstić information content (AvgIpc) is 2.78. The minimum atomic E-state index is -4.80. The highest BCUT2D eigenvalue weighted by Crippen LogP contribution is 2.37. The van der Waals surface area contributed by atoms with Gasteiger partial charge in [0.2, 0.25) is 0 Å². The summed E-state index contributed by atoms with van der Waals surface area (Å²) in [6.45, 7) is 6.17. The van der Waals surface area contributed by atoms with Crippen LogP contribution < -0.4 is 9.64 Å². The molecule has 1 amide bonds. The first kappa shape index (κ1) is 24.8. The number of alkyl halides is 3. The van der Waals surface area contributed by atoms with Gasteiger partial charge in [-0.1, -0.05) is 63.2 Å². The average molecular weight is 471 g/mol. The summed E-state index contributed by atoms with van der Waals surface area (Å²) < 4.78 is 46.1. The summed E-state index contributed by atoms with van der Waals surface area (Å²) in [5, 5.41) is 0. The topological polar surface area (TPSA) is 55.8 Å². The number of amides is 1. The maximum Gasteiger partial charge on any atom is 0.573 e. The highest BCUT2D eigenvalue weighted by molar-refractivity contribution is 6.40. The van der Waals surface area contributed by atoms with E-state index >= 15 is 0 Å². The zero-order valence-corrected chi connectivity index (χ0v) is 19.1. The molecule has 0 unspecified atom stereocenters. The molecule has 0 aliphatic carbocycles. The van der Waals surface area contributed by atoms with Crippen molar-refractivity contribution in [3.63, 3.8) is 0 Å². The lowest BCUT2D eigenvalue weighted by Gasteiger charge is -2.26. The number of ether oxygens (including phenoxy) is 2. The number of carbonyl (C=O) groups excluding carboxylic acids is 2. The fourth-order valence-corrected chi connectivity index (χ4v) is 3.40. The first-order valence-corrected chi connectivity index (χ1v) is 10.4. The first-order valence-electron chi connectivity index (χ1n) is 10.4. The minimum Gasteiger partial charge on any atom is -0.462 e. The number of esters is 1. The highest BCUT2D eigenvalue weighted by atomic mass is 19.4. The van der Waals surface area contributed by atoms with Crippen molar-refractivity contribution in [3.8, 4) is 16.9 Å². The van der Waals surface area contributed by atoms with Crippen LogP contribution in [0.3, 0.4) is 0 Å². The second-order valence-corrected chi connectivity index (χ2v) is 8.52. The molecule has 5 nitrogen and oxygen atoms in total. The second kappa shape index (κ2) is 9.59. The predicted molar refractivity (Wildman–Crippen MR) is 123 cm³/mol. The van der Waals surface area contributed by atoms with E-state index in [1.54, 1.807) is 36.4 Å². The summed E-state index contributed by atoms with van der Waals surface area (Å²) in [5.74, 6) is -2.33. The molecule has 0 fully saturated rings. The zero-order valence-electron chi connectivity index (χ0n) is 19.1. The molecule has 0 heterocycles. The van der Waals surface area contributed by atoms with Crippen LogP contribution in [0.15, 0.2) is 72.8 Å². The Labute approximate surface area is 195 Å². The molecule has 34 heavy (non-hydrogen) atoms. The molecule has 0 N–H and O–H groups in total. The standard InChI is InChI=1S/C26H24F3NO4/c1-25(2,3)18-11-13-19(14-12-18)30(23(31)24(32)33-4)22-8-6-5-7-21(22)17-9-15-20(16-10-17)34-26(27,28)29/h5-16H,1-4H3. The molecule has 0 radical (unpaired) electrons. The number of benzene rings is 3. The Kier molecular flexibility index (Phi) is 7.00. The number of nitrogens with zero attached hydrogens (tertiary/aromatic N) is 1. The number of carbonyl (C=O) groups is 2. The third kappa shape index (κ3) is 5.75. The molecule has 0 atom stereocenters. The van der Waals surface area contributed by atoms with Crippen LogP contribution in [0.1, 0.15) is 26.3 Å². The smallest absolute Gasteiger partial charge is 0.462 e. The SMILES string of the molecule is COC(=O)C(=O)N(c1ccc(C(C)(C)C)cc1)c1ccccc1-c1ccc(OC(F)(F)F)cc1. The second-order valence-electron chi connectivity index (χ2n) is 8.52. The maximum atomic E-state index is 13.1. The van der Waals surface area contributed by atoms with Crippen molar-refractivity contribution in [3.05, 3.63) is 78.4 Å². The fourth-order valence-electron chi connectivity index (χ4n) is 3.40. The number of hydrogen-bond acceptors (Lipinski definition) is 4. The maximum absolute atomic E-state index is 13.1. The van der Waals surface area contributed by atoms with Crippen molar-refractivity contribution in [2.24, 2.45) is 0 Å². The van der Waals surface area contributed by atoms with E-state index in [-0.39, 0.29) is 11.2 Å². The summed E-state index contributed by atoms with van der Waals surface area (Å²) in [7, 11) is 1.12. The van der Waals surface area contributed by atoms with Gasteiger partial charge >= 0.3 is 18.2 Å². The van der Waals surface area contributed by atoms with Crippen molar-refractivity contribution in [2.45, 2.75) is 32.5 Å². The molecule has 0 saturated heterocycles. The summed E-state index contributed by atoms with van der Waals surface area (Å²) in [6, 6.07) is 19.3. The fraction of sp³-hybridized carbons (Fsp3) is 0.231. The normalized spacial score (nSPS) is 11.6. The minimum absolute atomic E-state index is 0.117. The van der Waals surface area contributed by atoms with Gasteiger partial charge in [-0.2, -0.15) is 0 Å². The van der Waals surface area contributed by atoms with E-state index in [1.165, 1.54) is 29.2 Å². The third-order valence-corrected chi connectivity index (χ3v) is 5.10. The van der Waals surface area contributed by atoms with Crippen LogP contribution in [0, 0.1) is 0 Å². The van der Waals surface area contributed by atoms with Gasteiger partial charge in [0, 0.05) is 11.3 Å². The Morgan fingerprint density at radius 1 is 0.824 bits per heavy atom. The van der Waals surface area contributed by atoms with Gasteiger partial charge in [0.15, 0.2) is 0 Å². The van der Waals surface area contributed by atoms with Gasteiger partial charge in [0.05, 0.1) is 12.8 Å². The molecular weight excluding hydrogens is 447 g/mol. The number of hydrogen-bond donors (Lipinski definition) is 0. The zero-order chi connectivity index (χ0) is 25.1. The molecule has 0 aliphatic rings. The number of halogens is 3. The first-order chi connectivity index (χ1) is 15.9. The molecule has 178 valence electrons. The van der Waals surface area contributed by atoms with Gasteiger partial charge in [-0.15, -0.1) is 13.2 Å². The Balaban J connectivity index is 2.09. The van der Waals surface area contributed by atoms with E-state index < -0.39 is 18.2 Å². The molecule has 0 spiro atoms. The molecule has 3 aromatic rings. The van der Waals surface area contributed by atoms with Crippen molar-refractivity contribution < 1.29 is 32.2 Å². The molecule has 0 aromatic heterocycles. The van der Waals surface area contributed by atoms with Crippen LogP contribution >= 0.6 is 0 Å². The predicted octanol–water partition coefficient (Wildman–Crippen LogP) is 6.39. The number of anilines is 2. The number of para-hydroxylation sites is 1. The Morgan fingerprint density at radius 2 is 1.41 bits per heavy atom. The van der Waals surface area contributed by atoms with Crippen molar-refractivity contribution in [1.29, 1.82) is 0 Å². The Morgan fingerprint density at radius 3 is 1.94 bits per heavy atom. The van der Waals surface area contributed by atoms with Gasteiger partial charge in [-0.3, -0.25) is 9.69 Å². The Hall–Kier alpha value is -3.81. The van der Waals surface area contributed by atoms with Crippen LogP contribution in [0.5, 0.6) is 5.75 Å². The van der Waals surface area contributed by atoms with Crippen LogP contribution in [0.25, 0.3) is 11.1 Å². The molecule has 0 saturated carbocycles. The molecule has 0 aliphatic heterocycles. The molecular formula is C26H24F3NO4. The number of methoxy groups -OCH3 is 1. The van der Waals surface area contributed by atoms with Crippen LogP contribution in [-0.2, 0) is 19.7 Å². The monoisotopic (exact) mass is 471 g/mol. The van der Waals surface area contributed by atoms with Crippen LogP contribution in [0.4, 0.5) is 24.5 Å². The Bertz CT molecular complexity index is 1160.